The Labute approximate surface area is 117 Å². The van der Waals surface area contributed by atoms with E-state index in [9.17, 15) is 4.79 Å². The quantitative estimate of drug-likeness (QED) is 0.545. The topological polar surface area (TPSA) is 26.3 Å². The van der Waals surface area contributed by atoms with Crippen molar-refractivity contribution >= 4 is 5.97 Å². The standard InChI is InChI=1S/C17H28O2/c1-6-8-9-12-11-17(5)14(19-15(18)7-2)10-13(12)16(17,3)4/h7,12-14H,2,6,8-11H2,1,3-5H3. The highest BCUT2D eigenvalue weighted by atomic mass is 16.5. The molecule has 2 nitrogen and oxygen atoms in total. The first-order chi connectivity index (χ1) is 8.86. The number of hydrogen-bond acceptors (Lipinski definition) is 2. The molecule has 2 fully saturated rings. The van der Waals surface area contributed by atoms with Crippen molar-refractivity contribution in [2.75, 3.05) is 0 Å². The minimum absolute atomic E-state index is 0.0795. The van der Waals surface area contributed by atoms with Crippen LogP contribution in [0, 0.1) is 22.7 Å². The highest BCUT2D eigenvalue weighted by Crippen LogP contribution is 2.69. The van der Waals surface area contributed by atoms with Gasteiger partial charge in [-0.05, 0) is 30.1 Å². The van der Waals surface area contributed by atoms with Gasteiger partial charge in [0.15, 0.2) is 0 Å². The van der Waals surface area contributed by atoms with Gasteiger partial charge in [0.2, 0.25) is 0 Å². The van der Waals surface area contributed by atoms with Gasteiger partial charge in [-0.2, -0.15) is 0 Å². The van der Waals surface area contributed by atoms with Crippen molar-refractivity contribution < 1.29 is 9.53 Å². The van der Waals surface area contributed by atoms with E-state index in [4.69, 9.17) is 4.74 Å². The molecule has 0 saturated heterocycles. The lowest BCUT2D eigenvalue weighted by atomic mass is 9.70. The van der Waals surface area contributed by atoms with Gasteiger partial charge in [-0.25, -0.2) is 4.79 Å². The molecule has 2 bridgehead atoms. The van der Waals surface area contributed by atoms with Gasteiger partial charge < -0.3 is 4.74 Å². The van der Waals surface area contributed by atoms with Crippen molar-refractivity contribution in [3.05, 3.63) is 12.7 Å². The summed E-state index contributed by atoms with van der Waals surface area (Å²) < 4.78 is 5.63. The van der Waals surface area contributed by atoms with E-state index >= 15 is 0 Å². The molecule has 19 heavy (non-hydrogen) atoms. The average Bonchev–Trinajstić information content (AvgIpc) is 2.67. The second kappa shape index (κ2) is 4.96. The molecular formula is C17H28O2. The third-order valence-electron chi connectivity index (χ3n) is 6.19. The number of hydrogen-bond donors (Lipinski definition) is 0. The Bertz CT molecular complexity index is 371. The summed E-state index contributed by atoms with van der Waals surface area (Å²) in [7, 11) is 0. The van der Waals surface area contributed by atoms with Crippen LogP contribution in [0.5, 0.6) is 0 Å². The Morgan fingerprint density at radius 2 is 2.11 bits per heavy atom. The highest BCUT2D eigenvalue weighted by molar-refractivity contribution is 5.81. The van der Waals surface area contributed by atoms with Crippen molar-refractivity contribution in [1.82, 2.24) is 0 Å². The van der Waals surface area contributed by atoms with E-state index in [2.05, 4.69) is 34.3 Å². The maximum absolute atomic E-state index is 11.5. The van der Waals surface area contributed by atoms with E-state index in [0.717, 1.165) is 12.3 Å². The fourth-order valence-corrected chi connectivity index (χ4v) is 4.62. The Morgan fingerprint density at radius 3 is 2.58 bits per heavy atom. The first-order valence-corrected chi connectivity index (χ1v) is 7.70. The van der Waals surface area contributed by atoms with Gasteiger partial charge in [0.1, 0.15) is 6.10 Å². The Balaban J connectivity index is 2.13. The molecule has 0 aromatic carbocycles. The zero-order chi connectivity index (χ0) is 14.3. The van der Waals surface area contributed by atoms with Crippen LogP contribution in [-0.4, -0.2) is 12.1 Å². The molecule has 2 aliphatic rings. The Kier molecular flexibility index (Phi) is 3.81. The molecule has 0 N–H and O–H groups in total. The smallest absolute Gasteiger partial charge is 0.330 e. The van der Waals surface area contributed by atoms with Crippen LogP contribution in [0.1, 0.15) is 59.8 Å². The minimum Gasteiger partial charge on any atom is -0.459 e. The number of esters is 1. The molecule has 0 heterocycles. The average molecular weight is 264 g/mol. The van der Waals surface area contributed by atoms with Crippen LogP contribution in [-0.2, 0) is 9.53 Å². The number of unbranched alkanes of at least 4 members (excludes halogenated alkanes) is 1. The number of carbonyl (C=O) groups is 1. The van der Waals surface area contributed by atoms with Crippen molar-refractivity contribution in [3.8, 4) is 0 Å². The number of fused-ring (bicyclic) bond motifs is 2. The van der Waals surface area contributed by atoms with Crippen LogP contribution in [0.15, 0.2) is 12.7 Å². The molecule has 2 saturated carbocycles. The van der Waals surface area contributed by atoms with E-state index in [1.807, 2.05) is 0 Å². The predicted octanol–water partition coefficient (Wildman–Crippen LogP) is 4.35. The van der Waals surface area contributed by atoms with Gasteiger partial charge in [-0.15, -0.1) is 0 Å². The summed E-state index contributed by atoms with van der Waals surface area (Å²) in [6, 6.07) is 0. The van der Waals surface area contributed by atoms with Gasteiger partial charge in [0, 0.05) is 11.5 Å². The van der Waals surface area contributed by atoms with Crippen LogP contribution in [0.4, 0.5) is 0 Å². The van der Waals surface area contributed by atoms with Crippen LogP contribution in [0.25, 0.3) is 0 Å². The molecule has 4 atom stereocenters. The molecule has 0 radical (unpaired) electrons. The van der Waals surface area contributed by atoms with Crippen molar-refractivity contribution in [3.63, 3.8) is 0 Å². The molecular weight excluding hydrogens is 236 g/mol. The van der Waals surface area contributed by atoms with Gasteiger partial charge in [0.05, 0.1) is 0 Å². The summed E-state index contributed by atoms with van der Waals surface area (Å²) in [6.07, 6.45) is 7.55. The summed E-state index contributed by atoms with van der Waals surface area (Å²) in [4.78, 5) is 11.5. The first kappa shape index (κ1) is 14.6. The van der Waals surface area contributed by atoms with E-state index in [1.54, 1.807) is 0 Å². The SMILES string of the molecule is C=CC(=O)OC1CC2C(CCCC)CC1(C)C2(C)C. The summed E-state index contributed by atoms with van der Waals surface area (Å²) in [5, 5.41) is 0. The first-order valence-electron chi connectivity index (χ1n) is 7.70. The summed E-state index contributed by atoms with van der Waals surface area (Å²) in [5.41, 5.74) is 0.409. The van der Waals surface area contributed by atoms with E-state index in [1.165, 1.54) is 31.8 Å². The number of carbonyl (C=O) groups excluding carboxylic acids is 1. The second-order valence-corrected chi connectivity index (χ2v) is 7.22. The second-order valence-electron chi connectivity index (χ2n) is 7.22. The summed E-state index contributed by atoms with van der Waals surface area (Å²) in [5.74, 6) is 1.25. The molecule has 0 aromatic rings. The molecule has 2 heteroatoms. The van der Waals surface area contributed by atoms with Crippen molar-refractivity contribution in [1.29, 1.82) is 0 Å². The monoisotopic (exact) mass is 264 g/mol. The lowest BCUT2D eigenvalue weighted by molar-refractivity contribution is -0.151. The maximum atomic E-state index is 11.5. The minimum atomic E-state index is -0.264. The van der Waals surface area contributed by atoms with Crippen molar-refractivity contribution in [2.45, 2.75) is 65.9 Å². The fraction of sp³-hybridized carbons (Fsp3) is 0.824. The summed E-state index contributed by atoms with van der Waals surface area (Å²) >= 11 is 0. The third-order valence-corrected chi connectivity index (χ3v) is 6.19. The molecule has 0 aliphatic heterocycles. The van der Waals surface area contributed by atoms with E-state index < -0.39 is 0 Å². The van der Waals surface area contributed by atoms with Gasteiger partial charge in [0.25, 0.3) is 0 Å². The lowest BCUT2D eigenvalue weighted by Gasteiger charge is -2.38. The Morgan fingerprint density at radius 1 is 1.42 bits per heavy atom. The molecule has 108 valence electrons. The largest absolute Gasteiger partial charge is 0.459 e. The molecule has 0 spiro atoms. The number of ether oxygens (including phenoxy) is 1. The summed E-state index contributed by atoms with van der Waals surface area (Å²) in [6.45, 7) is 12.8. The van der Waals surface area contributed by atoms with Crippen molar-refractivity contribution in [2.24, 2.45) is 22.7 Å². The van der Waals surface area contributed by atoms with Crippen LogP contribution in [0.3, 0.4) is 0 Å². The maximum Gasteiger partial charge on any atom is 0.330 e. The zero-order valence-corrected chi connectivity index (χ0v) is 12.9. The van der Waals surface area contributed by atoms with E-state index in [-0.39, 0.29) is 22.9 Å². The molecule has 0 amide bonds. The zero-order valence-electron chi connectivity index (χ0n) is 12.9. The van der Waals surface area contributed by atoms with Gasteiger partial charge in [-0.3, -0.25) is 0 Å². The molecule has 4 unspecified atom stereocenters. The Hall–Kier alpha value is -0.790. The fourth-order valence-electron chi connectivity index (χ4n) is 4.62. The predicted molar refractivity (Wildman–Crippen MR) is 77.7 cm³/mol. The molecule has 2 aliphatic carbocycles. The van der Waals surface area contributed by atoms with Crippen LogP contribution in [0.2, 0.25) is 0 Å². The van der Waals surface area contributed by atoms with Gasteiger partial charge >= 0.3 is 5.97 Å². The highest BCUT2D eigenvalue weighted by Gasteiger charge is 2.66. The number of rotatable bonds is 5. The van der Waals surface area contributed by atoms with Crippen LogP contribution >= 0.6 is 0 Å². The third kappa shape index (κ3) is 2.13. The lowest BCUT2D eigenvalue weighted by Crippen LogP contribution is -2.38. The van der Waals surface area contributed by atoms with Gasteiger partial charge in [-0.1, -0.05) is 53.5 Å². The normalized spacial score (nSPS) is 39.3. The van der Waals surface area contributed by atoms with Crippen LogP contribution < -0.4 is 0 Å². The molecule has 0 aromatic heterocycles. The van der Waals surface area contributed by atoms with E-state index in [0.29, 0.717) is 5.92 Å². The molecule has 2 rings (SSSR count).